The number of hydrogen-bond donors (Lipinski definition) is 2. The van der Waals surface area contributed by atoms with Gasteiger partial charge in [0, 0.05) is 55.3 Å². The summed E-state index contributed by atoms with van der Waals surface area (Å²) in [4.78, 5) is 21.3. The van der Waals surface area contributed by atoms with E-state index >= 15 is 0 Å². The Morgan fingerprint density at radius 3 is 2.42 bits per heavy atom. The van der Waals surface area contributed by atoms with Crippen LogP contribution in [0.4, 0.5) is 10.3 Å². The van der Waals surface area contributed by atoms with Crippen LogP contribution in [0.15, 0.2) is 45.2 Å². The molecule has 2 aliphatic rings. The highest BCUT2D eigenvalue weighted by atomic mass is 32.1. The van der Waals surface area contributed by atoms with E-state index in [0.29, 0.717) is 0 Å². The lowest BCUT2D eigenvalue weighted by Crippen LogP contribution is -2.24. The quantitative estimate of drug-likeness (QED) is 0.393. The van der Waals surface area contributed by atoms with Gasteiger partial charge in [-0.1, -0.05) is 0 Å². The molecule has 0 bridgehead atoms. The van der Waals surface area contributed by atoms with Crippen LogP contribution in [0.3, 0.4) is 0 Å². The molecule has 0 spiro atoms. The predicted octanol–water partition coefficient (Wildman–Crippen LogP) is 5.42. The number of aliphatic imine (C=N–C) groups is 1. The number of fused-ring (bicyclic) bond motifs is 2. The van der Waals surface area contributed by atoms with Gasteiger partial charge in [0.15, 0.2) is 15.2 Å². The van der Waals surface area contributed by atoms with Crippen molar-refractivity contribution in [2.75, 3.05) is 24.7 Å². The molecule has 0 aromatic carbocycles. The Hall–Kier alpha value is -3.02. The van der Waals surface area contributed by atoms with Crippen molar-refractivity contribution in [2.24, 2.45) is 4.99 Å². The fourth-order valence-corrected chi connectivity index (χ4v) is 6.04. The second kappa shape index (κ2) is 9.08. The Morgan fingerprint density at radius 1 is 0.970 bits per heavy atom. The van der Waals surface area contributed by atoms with Crippen LogP contribution in [0.1, 0.15) is 24.7 Å². The monoisotopic (exact) mass is 496 g/mol. The van der Waals surface area contributed by atoms with Crippen molar-refractivity contribution in [1.82, 2.24) is 24.3 Å². The first kappa shape index (κ1) is 21.8. The van der Waals surface area contributed by atoms with E-state index < -0.39 is 0 Å². The summed E-state index contributed by atoms with van der Waals surface area (Å²) in [5, 5.41) is 14.2. The van der Waals surface area contributed by atoms with Gasteiger partial charge in [0.05, 0.1) is 22.8 Å². The summed E-state index contributed by atoms with van der Waals surface area (Å²) >= 11 is 4.88. The number of aryl methyl sites for hydroxylation is 1. The van der Waals surface area contributed by atoms with Gasteiger partial charge in [-0.05, 0) is 25.5 Å². The average molecular weight is 497 g/mol. The Morgan fingerprint density at radius 2 is 1.70 bits per heavy atom. The zero-order valence-electron chi connectivity index (χ0n) is 18.7. The Bertz CT molecular complexity index is 1370. The Balaban J connectivity index is 0.000000139. The Kier molecular flexibility index (Phi) is 6.00. The van der Waals surface area contributed by atoms with E-state index in [1.807, 2.05) is 44.9 Å². The first-order chi connectivity index (χ1) is 16.1. The average Bonchev–Trinajstić information content (AvgIpc) is 3.62. The van der Waals surface area contributed by atoms with E-state index in [9.17, 15) is 0 Å². The van der Waals surface area contributed by atoms with Crippen molar-refractivity contribution in [2.45, 2.75) is 26.4 Å². The zero-order valence-corrected chi connectivity index (χ0v) is 21.2. The largest absolute Gasteiger partial charge is 0.365 e. The lowest BCUT2D eigenvalue weighted by Gasteiger charge is -2.24. The zero-order chi connectivity index (χ0) is 22.9. The molecule has 0 fully saturated rings. The second-order valence-corrected chi connectivity index (χ2v) is 10.1. The number of thiazole rings is 3. The number of rotatable bonds is 4. The summed E-state index contributed by atoms with van der Waals surface area (Å²) < 4.78 is 2.09. The molecule has 2 aliphatic heterocycles. The highest BCUT2D eigenvalue weighted by Crippen LogP contribution is 2.38. The van der Waals surface area contributed by atoms with Crippen molar-refractivity contribution in [3.05, 3.63) is 51.6 Å². The summed E-state index contributed by atoms with van der Waals surface area (Å²) in [7, 11) is 3.78. The van der Waals surface area contributed by atoms with Crippen molar-refractivity contribution in [3.63, 3.8) is 0 Å². The molecule has 8 nitrogen and oxygen atoms in total. The van der Waals surface area contributed by atoms with Gasteiger partial charge >= 0.3 is 0 Å². The second-order valence-electron chi connectivity index (χ2n) is 7.54. The highest BCUT2D eigenvalue weighted by molar-refractivity contribution is 7.15. The molecule has 0 saturated carbocycles. The van der Waals surface area contributed by atoms with E-state index in [1.165, 1.54) is 11.3 Å². The van der Waals surface area contributed by atoms with Gasteiger partial charge in [0.1, 0.15) is 11.9 Å². The fourth-order valence-electron chi connectivity index (χ4n) is 3.97. The molecule has 1 atom stereocenters. The third kappa shape index (κ3) is 4.07. The maximum Gasteiger partial charge on any atom is 0.194 e. The van der Waals surface area contributed by atoms with E-state index in [2.05, 4.69) is 63.8 Å². The van der Waals surface area contributed by atoms with Crippen LogP contribution in [-0.2, 0) is 0 Å². The molecule has 170 valence electrons. The summed E-state index contributed by atoms with van der Waals surface area (Å²) in [6.07, 6.45) is 9.19. The number of allylic oxidation sites excluding steroid dienone is 1. The number of imidazole rings is 1. The molecule has 0 aliphatic carbocycles. The van der Waals surface area contributed by atoms with E-state index in [0.717, 1.165) is 44.4 Å². The molecule has 6 heterocycles. The summed E-state index contributed by atoms with van der Waals surface area (Å²) in [5.41, 5.74) is 6.71. The molecule has 2 N–H and O–H groups in total. The van der Waals surface area contributed by atoms with Gasteiger partial charge < -0.3 is 15.5 Å². The van der Waals surface area contributed by atoms with E-state index in [1.54, 1.807) is 34.0 Å². The molecule has 0 saturated heterocycles. The summed E-state index contributed by atoms with van der Waals surface area (Å²) in [5.74, 6) is 0. The van der Waals surface area contributed by atoms with Gasteiger partial charge in [0.2, 0.25) is 0 Å². The highest BCUT2D eigenvalue weighted by Gasteiger charge is 2.30. The van der Waals surface area contributed by atoms with Gasteiger partial charge in [-0.15, -0.1) is 34.0 Å². The van der Waals surface area contributed by atoms with E-state index in [-0.39, 0.29) is 6.17 Å². The molecule has 6 rings (SSSR count). The molecular weight excluding hydrogens is 472 g/mol. The number of anilines is 2. The molecule has 11 heteroatoms. The van der Waals surface area contributed by atoms with Crippen molar-refractivity contribution in [3.8, 4) is 11.4 Å². The van der Waals surface area contributed by atoms with Crippen LogP contribution in [0.5, 0.6) is 0 Å². The number of hydrogen-bond acceptors (Lipinski definition) is 10. The standard InChI is InChI=1S/C12H14N4S.C10H10N4S2/c1-8-6-10-14-4-3-5-16(10)11(8)9-7-17-12(13-2)15-9;1-6-8(7-5-16-9(11-2)13-7)14-3-4-15-10(14)12-6/h3-5,7,10H,6H2,1-2H3,(H,13,15);3-5H,1-2H3,(H,11,13). The van der Waals surface area contributed by atoms with Crippen molar-refractivity contribution < 1.29 is 0 Å². The van der Waals surface area contributed by atoms with Gasteiger partial charge in [0.25, 0.3) is 0 Å². The third-order valence-corrected chi connectivity index (χ3v) is 7.90. The molecular formula is C22H24N8S3. The normalized spacial score (nSPS) is 16.8. The molecule has 0 radical (unpaired) electrons. The SMILES string of the molecule is CNc1nc(-c2c(C)nc3sccn23)cs1.CNc1nc(C2=C(C)CC3N=CC=CN23)cs1. The minimum Gasteiger partial charge on any atom is -0.365 e. The number of aromatic nitrogens is 4. The van der Waals surface area contributed by atoms with Crippen LogP contribution in [0.25, 0.3) is 22.0 Å². The summed E-state index contributed by atoms with van der Waals surface area (Å²) in [6.45, 7) is 4.18. The molecule has 4 aromatic rings. The number of nitrogens with zero attached hydrogens (tertiary/aromatic N) is 6. The minimum atomic E-state index is 0.231. The van der Waals surface area contributed by atoms with Gasteiger partial charge in [-0.25, -0.2) is 15.0 Å². The summed E-state index contributed by atoms with van der Waals surface area (Å²) in [6, 6.07) is 0. The Labute approximate surface area is 204 Å². The van der Waals surface area contributed by atoms with Crippen molar-refractivity contribution in [1.29, 1.82) is 0 Å². The van der Waals surface area contributed by atoms with Gasteiger partial charge in [-0.2, -0.15) is 0 Å². The smallest absolute Gasteiger partial charge is 0.194 e. The molecule has 4 aromatic heterocycles. The minimum absolute atomic E-state index is 0.231. The maximum atomic E-state index is 4.57. The van der Waals surface area contributed by atoms with Crippen molar-refractivity contribution >= 4 is 61.1 Å². The van der Waals surface area contributed by atoms with Crippen LogP contribution < -0.4 is 10.6 Å². The molecule has 0 amide bonds. The molecule has 1 unspecified atom stereocenters. The topological polar surface area (TPSA) is 82.7 Å². The maximum absolute atomic E-state index is 4.57. The van der Waals surface area contributed by atoms with Crippen LogP contribution in [-0.4, -0.2) is 50.7 Å². The van der Waals surface area contributed by atoms with Crippen LogP contribution >= 0.6 is 34.0 Å². The predicted molar refractivity (Wildman–Crippen MR) is 141 cm³/mol. The van der Waals surface area contributed by atoms with E-state index in [4.69, 9.17) is 0 Å². The lowest BCUT2D eigenvalue weighted by molar-refractivity contribution is 0.419. The first-order valence-electron chi connectivity index (χ1n) is 10.5. The van der Waals surface area contributed by atoms with Gasteiger partial charge in [-0.3, -0.25) is 9.39 Å². The lowest BCUT2D eigenvalue weighted by atomic mass is 10.2. The van der Waals surface area contributed by atoms with Crippen LogP contribution in [0.2, 0.25) is 0 Å². The number of nitrogens with one attached hydrogen (secondary N) is 2. The fraction of sp³-hybridized carbons (Fsp3) is 0.273. The van der Waals surface area contributed by atoms with Crippen LogP contribution in [0, 0.1) is 6.92 Å². The third-order valence-electron chi connectivity index (χ3n) is 5.42. The molecule has 33 heavy (non-hydrogen) atoms. The first-order valence-corrected chi connectivity index (χ1v) is 13.1.